The van der Waals surface area contributed by atoms with E-state index in [9.17, 15) is 14.9 Å². The van der Waals surface area contributed by atoms with E-state index in [4.69, 9.17) is 16.3 Å². The Balaban J connectivity index is 1.66. The molecule has 1 unspecified atom stereocenters. The number of para-hydroxylation sites is 3. The summed E-state index contributed by atoms with van der Waals surface area (Å²) < 4.78 is 7.77. The highest BCUT2D eigenvalue weighted by Gasteiger charge is 2.21. The lowest BCUT2D eigenvalue weighted by Gasteiger charge is -2.16. The maximum Gasteiger partial charge on any atom is 0.292 e. The molecule has 0 fully saturated rings. The molecule has 162 valence electrons. The van der Waals surface area contributed by atoms with Gasteiger partial charge in [0.2, 0.25) is 5.91 Å². The van der Waals surface area contributed by atoms with Crippen molar-refractivity contribution in [3.05, 3.63) is 69.5 Å². The van der Waals surface area contributed by atoms with E-state index in [1.54, 1.807) is 24.3 Å². The summed E-state index contributed by atoms with van der Waals surface area (Å²) in [5.74, 6) is 0.778. The van der Waals surface area contributed by atoms with Crippen LogP contribution in [-0.4, -0.2) is 31.3 Å². The lowest BCUT2D eigenvalue weighted by Crippen LogP contribution is -2.16. The van der Waals surface area contributed by atoms with Gasteiger partial charge in [-0.3, -0.25) is 14.9 Å². The van der Waals surface area contributed by atoms with Crippen LogP contribution in [0.2, 0.25) is 5.02 Å². The molecule has 1 heterocycles. The average molecular weight is 462 g/mol. The molecule has 31 heavy (non-hydrogen) atoms. The number of nitrogens with one attached hydrogen (secondary N) is 1. The number of nitrogens with zero attached hydrogens (tertiary/aromatic N) is 4. The minimum Gasteiger partial charge on any atom is -0.481 e. The summed E-state index contributed by atoms with van der Waals surface area (Å²) in [5.41, 5.74) is -0.0112. The molecule has 0 radical (unpaired) electrons. The van der Waals surface area contributed by atoms with Gasteiger partial charge in [0.1, 0.15) is 11.4 Å². The molecule has 1 N–H and O–H groups in total. The van der Waals surface area contributed by atoms with Gasteiger partial charge in [0, 0.05) is 12.6 Å². The standard InChI is InChI=1S/C20H20ClN5O4S/c1-3-25-19(13(2)30-17-11-7-4-8-14(17)21)23-24-20(25)31-12-18(27)22-15-9-5-6-10-16(15)26(28)29/h4-11,13H,3,12H2,1-2H3,(H,22,27). The molecule has 0 bridgehead atoms. The first kappa shape index (κ1) is 22.6. The minimum absolute atomic E-state index is 0.0178. The zero-order valence-corrected chi connectivity index (χ0v) is 18.4. The van der Waals surface area contributed by atoms with Gasteiger partial charge in [0.05, 0.1) is 15.7 Å². The van der Waals surface area contributed by atoms with Gasteiger partial charge in [-0.05, 0) is 32.0 Å². The molecule has 9 nitrogen and oxygen atoms in total. The number of thioether (sulfide) groups is 1. The molecule has 1 aromatic heterocycles. The number of amides is 1. The molecule has 0 aliphatic carbocycles. The Hall–Kier alpha value is -3.11. The molecule has 0 saturated carbocycles. The van der Waals surface area contributed by atoms with E-state index in [2.05, 4.69) is 15.5 Å². The Bertz CT molecular complexity index is 1090. The third-order valence-corrected chi connectivity index (χ3v) is 5.55. The van der Waals surface area contributed by atoms with Crippen LogP contribution in [0, 0.1) is 10.1 Å². The Morgan fingerprint density at radius 1 is 1.26 bits per heavy atom. The Labute approximate surface area is 187 Å². The van der Waals surface area contributed by atoms with Crippen molar-refractivity contribution in [2.24, 2.45) is 0 Å². The minimum atomic E-state index is -0.539. The Morgan fingerprint density at radius 3 is 2.68 bits per heavy atom. The molecule has 3 aromatic rings. The molecule has 1 amide bonds. The van der Waals surface area contributed by atoms with Crippen molar-refractivity contribution in [3.8, 4) is 5.75 Å². The fourth-order valence-corrected chi connectivity index (χ4v) is 3.83. The van der Waals surface area contributed by atoms with E-state index < -0.39 is 11.0 Å². The second-order valence-electron chi connectivity index (χ2n) is 6.39. The summed E-state index contributed by atoms with van der Waals surface area (Å²) in [6, 6.07) is 13.1. The fourth-order valence-electron chi connectivity index (χ4n) is 2.84. The number of anilines is 1. The third kappa shape index (κ3) is 5.53. The van der Waals surface area contributed by atoms with Crippen LogP contribution < -0.4 is 10.1 Å². The molecule has 0 spiro atoms. The van der Waals surface area contributed by atoms with Crippen LogP contribution in [0.4, 0.5) is 11.4 Å². The number of nitro benzene ring substituents is 1. The predicted octanol–water partition coefficient (Wildman–Crippen LogP) is 4.73. The summed E-state index contributed by atoms with van der Waals surface area (Å²) in [6.07, 6.45) is -0.414. The number of halogens is 1. The van der Waals surface area contributed by atoms with E-state index in [0.29, 0.717) is 28.3 Å². The fraction of sp³-hybridized carbons (Fsp3) is 0.250. The molecular weight excluding hydrogens is 442 g/mol. The normalized spacial score (nSPS) is 11.7. The summed E-state index contributed by atoms with van der Waals surface area (Å²) >= 11 is 7.34. The van der Waals surface area contributed by atoms with E-state index >= 15 is 0 Å². The van der Waals surface area contributed by atoms with Crippen LogP contribution in [-0.2, 0) is 11.3 Å². The summed E-state index contributed by atoms with van der Waals surface area (Å²) in [7, 11) is 0. The van der Waals surface area contributed by atoms with Gasteiger partial charge in [0.15, 0.2) is 17.1 Å². The quantitative estimate of drug-likeness (QED) is 0.278. The largest absolute Gasteiger partial charge is 0.481 e. The van der Waals surface area contributed by atoms with Crippen LogP contribution in [0.25, 0.3) is 0 Å². The molecular formula is C20H20ClN5O4S. The highest BCUT2D eigenvalue weighted by Crippen LogP contribution is 2.29. The first-order valence-corrected chi connectivity index (χ1v) is 10.8. The smallest absolute Gasteiger partial charge is 0.292 e. The second kappa shape index (κ2) is 10.3. The van der Waals surface area contributed by atoms with Crippen LogP contribution in [0.1, 0.15) is 25.8 Å². The lowest BCUT2D eigenvalue weighted by atomic mass is 10.2. The summed E-state index contributed by atoms with van der Waals surface area (Å²) in [4.78, 5) is 22.9. The van der Waals surface area contributed by atoms with Crippen LogP contribution in [0.5, 0.6) is 5.75 Å². The van der Waals surface area contributed by atoms with Crippen molar-refractivity contribution in [2.75, 3.05) is 11.1 Å². The van der Waals surface area contributed by atoms with Crippen LogP contribution >= 0.6 is 23.4 Å². The third-order valence-electron chi connectivity index (χ3n) is 4.27. The SMILES string of the molecule is CCn1c(SCC(=O)Nc2ccccc2[N+](=O)[O-])nnc1C(C)Oc1ccccc1Cl. The number of carbonyl (C=O) groups is 1. The van der Waals surface area contributed by atoms with Gasteiger partial charge < -0.3 is 14.6 Å². The molecule has 1 atom stereocenters. The molecule has 0 aliphatic heterocycles. The molecule has 0 aliphatic rings. The first-order chi connectivity index (χ1) is 14.9. The zero-order chi connectivity index (χ0) is 22.4. The van der Waals surface area contributed by atoms with Gasteiger partial charge in [-0.15, -0.1) is 10.2 Å². The van der Waals surface area contributed by atoms with E-state index in [-0.39, 0.29) is 23.0 Å². The number of benzene rings is 2. The predicted molar refractivity (Wildman–Crippen MR) is 119 cm³/mol. The van der Waals surface area contributed by atoms with Crippen molar-refractivity contribution in [1.82, 2.24) is 14.8 Å². The number of aromatic nitrogens is 3. The zero-order valence-electron chi connectivity index (χ0n) is 16.8. The lowest BCUT2D eigenvalue weighted by molar-refractivity contribution is -0.383. The first-order valence-electron chi connectivity index (χ1n) is 9.41. The van der Waals surface area contributed by atoms with Gasteiger partial charge >= 0.3 is 0 Å². The number of ether oxygens (including phenoxy) is 1. The Kier molecular flexibility index (Phi) is 7.48. The number of carbonyl (C=O) groups excluding carboxylic acids is 1. The maximum atomic E-state index is 12.3. The van der Waals surface area contributed by atoms with E-state index in [1.807, 2.05) is 30.5 Å². The van der Waals surface area contributed by atoms with Gasteiger partial charge in [-0.25, -0.2) is 0 Å². The summed E-state index contributed by atoms with van der Waals surface area (Å²) in [5, 5.41) is 23.1. The van der Waals surface area contributed by atoms with Crippen molar-refractivity contribution in [3.63, 3.8) is 0 Å². The van der Waals surface area contributed by atoms with Gasteiger partial charge in [-0.2, -0.15) is 0 Å². The second-order valence-corrected chi connectivity index (χ2v) is 7.74. The van der Waals surface area contributed by atoms with Gasteiger partial charge in [-0.1, -0.05) is 47.6 Å². The van der Waals surface area contributed by atoms with Crippen LogP contribution in [0.15, 0.2) is 53.7 Å². The van der Waals surface area contributed by atoms with E-state index in [1.165, 1.54) is 23.9 Å². The van der Waals surface area contributed by atoms with Crippen molar-refractivity contribution in [1.29, 1.82) is 0 Å². The number of hydrogen-bond donors (Lipinski definition) is 1. The monoisotopic (exact) mass is 461 g/mol. The number of hydrogen-bond acceptors (Lipinski definition) is 7. The molecule has 2 aromatic carbocycles. The highest BCUT2D eigenvalue weighted by atomic mass is 35.5. The van der Waals surface area contributed by atoms with Gasteiger partial charge in [0.25, 0.3) is 5.69 Å². The molecule has 3 rings (SSSR count). The Morgan fingerprint density at radius 2 is 1.97 bits per heavy atom. The number of rotatable bonds is 9. The van der Waals surface area contributed by atoms with Crippen molar-refractivity contribution in [2.45, 2.75) is 31.7 Å². The molecule has 0 saturated heterocycles. The van der Waals surface area contributed by atoms with Crippen molar-refractivity contribution < 1.29 is 14.5 Å². The average Bonchev–Trinajstić information content (AvgIpc) is 3.17. The summed E-state index contributed by atoms with van der Waals surface area (Å²) in [6.45, 7) is 4.36. The topological polar surface area (TPSA) is 112 Å². The van der Waals surface area contributed by atoms with E-state index in [0.717, 1.165) is 0 Å². The van der Waals surface area contributed by atoms with Crippen molar-refractivity contribution >= 4 is 40.6 Å². The van der Waals surface area contributed by atoms with Crippen LogP contribution in [0.3, 0.4) is 0 Å². The maximum absolute atomic E-state index is 12.3. The highest BCUT2D eigenvalue weighted by molar-refractivity contribution is 7.99. The molecule has 11 heteroatoms. The number of nitro groups is 1.